The van der Waals surface area contributed by atoms with Crippen molar-refractivity contribution in [3.05, 3.63) is 36.5 Å². The van der Waals surface area contributed by atoms with Crippen LogP contribution in [-0.4, -0.2) is 37.0 Å². The number of hydrogen-bond acceptors (Lipinski definition) is 4. The molecule has 0 fully saturated rings. The molecule has 0 saturated heterocycles. The molecule has 1 unspecified atom stereocenters. The summed E-state index contributed by atoms with van der Waals surface area (Å²) < 4.78 is 11.2. The third-order valence-electron chi connectivity index (χ3n) is 10.7. The van der Waals surface area contributed by atoms with Gasteiger partial charge in [-0.1, -0.05) is 230 Å². The normalized spacial score (nSPS) is 12.6. The Morgan fingerprint density at radius 1 is 0.444 bits per heavy atom. The highest BCUT2D eigenvalue weighted by molar-refractivity contribution is 5.69. The van der Waals surface area contributed by atoms with E-state index in [2.05, 4.69) is 50.3 Å². The van der Waals surface area contributed by atoms with Crippen LogP contribution in [0, 0.1) is 0 Å². The fourth-order valence-electron chi connectivity index (χ4n) is 7.10. The van der Waals surface area contributed by atoms with Crippen molar-refractivity contribution in [3.8, 4) is 0 Å². The minimum atomic E-state index is -0.535. The lowest BCUT2D eigenvalue weighted by Gasteiger charge is -2.16. The highest BCUT2D eigenvalue weighted by Gasteiger charge is 2.13. The van der Waals surface area contributed by atoms with Gasteiger partial charge >= 0.3 is 5.97 Å². The summed E-state index contributed by atoms with van der Waals surface area (Å²) in [6.45, 7) is 5.36. The highest BCUT2D eigenvalue weighted by atomic mass is 16.6. The number of aliphatic hydroxyl groups excluding tert-OH is 1. The molecule has 0 saturated carbocycles. The van der Waals surface area contributed by atoms with E-state index in [1.165, 1.54) is 199 Å². The van der Waals surface area contributed by atoms with Gasteiger partial charge in [0.1, 0.15) is 6.10 Å². The number of carbonyl (C=O) groups excluding carboxylic acids is 1. The molecule has 0 heterocycles. The van der Waals surface area contributed by atoms with Crippen LogP contribution < -0.4 is 0 Å². The molecule has 0 aliphatic rings. The molecule has 1 atom stereocenters. The quantitative estimate of drug-likeness (QED) is 0.0382. The first kappa shape index (κ1) is 52.6. The zero-order valence-electron chi connectivity index (χ0n) is 36.5. The van der Waals surface area contributed by atoms with Gasteiger partial charge in [0.05, 0.1) is 13.2 Å². The second kappa shape index (κ2) is 47.8. The SMILES string of the molecule is CCCCCCC/C=C\C/C=C\C/C=C\CCCCCCCCCCCOCC(CO)OC(=O)CCCCCCCCCCCCCCCCCCCC. The van der Waals surface area contributed by atoms with Gasteiger partial charge in [0.15, 0.2) is 0 Å². The number of ether oxygens (including phenoxy) is 2. The topological polar surface area (TPSA) is 55.8 Å². The summed E-state index contributed by atoms with van der Waals surface area (Å²) in [7, 11) is 0. The Balaban J connectivity index is 3.41. The van der Waals surface area contributed by atoms with Gasteiger partial charge < -0.3 is 14.6 Å². The standard InChI is InChI=1S/C50H94O4/c1-3-5-7-9-11-13-15-17-19-21-23-24-25-26-27-28-30-32-34-36-38-40-42-44-46-53-48-49(47-51)54-50(52)45-43-41-39-37-35-33-31-29-22-20-18-16-14-12-10-8-6-4-2/h15,17,21,23,25-26,49,51H,3-14,16,18-20,22,24,27-48H2,1-2H3/b17-15-,23-21-,26-25-. The molecule has 0 aromatic carbocycles. The summed E-state index contributed by atoms with van der Waals surface area (Å²) in [5.41, 5.74) is 0. The molecule has 0 aliphatic heterocycles. The van der Waals surface area contributed by atoms with Crippen molar-refractivity contribution < 1.29 is 19.4 Å². The fraction of sp³-hybridized carbons (Fsp3) is 0.860. The molecule has 0 aromatic heterocycles. The van der Waals surface area contributed by atoms with E-state index in [9.17, 15) is 9.90 Å². The predicted molar refractivity (Wildman–Crippen MR) is 237 cm³/mol. The van der Waals surface area contributed by atoms with Gasteiger partial charge in [0, 0.05) is 13.0 Å². The van der Waals surface area contributed by atoms with Gasteiger partial charge in [0.25, 0.3) is 0 Å². The van der Waals surface area contributed by atoms with Crippen LogP contribution in [0.25, 0.3) is 0 Å². The molecule has 0 rings (SSSR count). The molecule has 4 nitrogen and oxygen atoms in total. The second-order valence-corrected chi connectivity index (χ2v) is 16.2. The number of esters is 1. The number of carbonyl (C=O) groups is 1. The summed E-state index contributed by atoms with van der Waals surface area (Å²) in [5, 5.41) is 9.63. The summed E-state index contributed by atoms with van der Waals surface area (Å²) >= 11 is 0. The molecule has 0 bridgehead atoms. The summed E-state index contributed by atoms with van der Waals surface area (Å²) in [4.78, 5) is 12.2. The first-order valence-corrected chi connectivity index (χ1v) is 24.1. The Morgan fingerprint density at radius 3 is 1.17 bits per heavy atom. The van der Waals surface area contributed by atoms with E-state index in [-0.39, 0.29) is 12.6 Å². The average molecular weight is 759 g/mol. The van der Waals surface area contributed by atoms with Crippen molar-refractivity contribution in [1.29, 1.82) is 0 Å². The van der Waals surface area contributed by atoms with Crippen LogP contribution in [0.15, 0.2) is 36.5 Å². The van der Waals surface area contributed by atoms with Crippen LogP contribution in [0.1, 0.15) is 251 Å². The zero-order valence-corrected chi connectivity index (χ0v) is 36.5. The fourth-order valence-corrected chi connectivity index (χ4v) is 7.10. The molecule has 1 N–H and O–H groups in total. The van der Waals surface area contributed by atoms with E-state index in [0.717, 1.165) is 32.1 Å². The number of allylic oxidation sites excluding steroid dienone is 6. The third kappa shape index (κ3) is 45.0. The maximum Gasteiger partial charge on any atom is 0.306 e. The molecular weight excluding hydrogens is 665 g/mol. The van der Waals surface area contributed by atoms with Gasteiger partial charge in [0.2, 0.25) is 0 Å². The van der Waals surface area contributed by atoms with Gasteiger partial charge in [-0.25, -0.2) is 0 Å². The molecule has 4 heteroatoms. The predicted octanol–water partition coefficient (Wildman–Crippen LogP) is 16.0. The van der Waals surface area contributed by atoms with Crippen LogP contribution in [0.3, 0.4) is 0 Å². The van der Waals surface area contributed by atoms with E-state index in [0.29, 0.717) is 19.6 Å². The van der Waals surface area contributed by atoms with Gasteiger partial charge in [-0.05, 0) is 51.4 Å². The van der Waals surface area contributed by atoms with Crippen molar-refractivity contribution >= 4 is 5.97 Å². The Bertz CT molecular complexity index is 802. The first-order chi connectivity index (χ1) is 26.7. The second-order valence-electron chi connectivity index (χ2n) is 16.2. The summed E-state index contributed by atoms with van der Waals surface area (Å²) in [6, 6.07) is 0. The van der Waals surface area contributed by atoms with Gasteiger partial charge in [-0.2, -0.15) is 0 Å². The Hall–Kier alpha value is -1.39. The number of aliphatic hydroxyl groups is 1. The van der Waals surface area contributed by atoms with Crippen LogP contribution in [0.4, 0.5) is 0 Å². The van der Waals surface area contributed by atoms with Gasteiger partial charge in [-0.15, -0.1) is 0 Å². The molecule has 54 heavy (non-hydrogen) atoms. The Labute approximate surface area is 338 Å². The van der Waals surface area contributed by atoms with Crippen molar-refractivity contribution in [2.75, 3.05) is 19.8 Å². The third-order valence-corrected chi connectivity index (χ3v) is 10.7. The van der Waals surface area contributed by atoms with E-state index >= 15 is 0 Å². The molecule has 0 aromatic rings. The van der Waals surface area contributed by atoms with Crippen LogP contribution in [0.2, 0.25) is 0 Å². The van der Waals surface area contributed by atoms with Crippen LogP contribution in [-0.2, 0) is 14.3 Å². The lowest BCUT2D eigenvalue weighted by molar-refractivity contribution is -0.154. The van der Waals surface area contributed by atoms with Crippen LogP contribution >= 0.6 is 0 Å². The molecule has 0 aliphatic carbocycles. The Morgan fingerprint density at radius 2 is 0.778 bits per heavy atom. The Kier molecular flexibility index (Phi) is 46.5. The largest absolute Gasteiger partial charge is 0.457 e. The minimum absolute atomic E-state index is 0.171. The maximum absolute atomic E-state index is 12.2. The summed E-state index contributed by atoms with van der Waals surface area (Å²) in [5.74, 6) is -0.198. The van der Waals surface area contributed by atoms with Crippen molar-refractivity contribution in [2.24, 2.45) is 0 Å². The lowest BCUT2D eigenvalue weighted by atomic mass is 10.0. The number of unbranched alkanes of at least 4 members (excludes halogenated alkanes) is 31. The maximum atomic E-state index is 12.2. The molecular formula is C50H94O4. The number of hydrogen-bond donors (Lipinski definition) is 1. The zero-order chi connectivity index (χ0) is 39.1. The van der Waals surface area contributed by atoms with E-state index < -0.39 is 6.10 Å². The van der Waals surface area contributed by atoms with E-state index in [1.54, 1.807) is 0 Å². The minimum Gasteiger partial charge on any atom is -0.457 e. The molecule has 318 valence electrons. The number of rotatable bonds is 45. The highest BCUT2D eigenvalue weighted by Crippen LogP contribution is 2.16. The van der Waals surface area contributed by atoms with Crippen LogP contribution in [0.5, 0.6) is 0 Å². The van der Waals surface area contributed by atoms with E-state index in [1.807, 2.05) is 0 Å². The molecule has 0 spiro atoms. The first-order valence-electron chi connectivity index (χ1n) is 24.1. The van der Waals surface area contributed by atoms with Gasteiger partial charge in [-0.3, -0.25) is 4.79 Å². The summed E-state index contributed by atoms with van der Waals surface area (Å²) in [6.07, 6.45) is 60.8. The smallest absolute Gasteiger partial charge is 0.306 e. The van der Waals surface area contributed by atoms with Crippen molar-refractivity contribution in [1.82, 2.24) is 0 Å². The van der Waals surface area contributed by atoms with E-state index in [4.69, 9.17) is 9.47 Å². The lowest BCUT2D eigenvalue weighted by Crippen LogP contribution is -2.27. The molecule has 0 radical (unpaired) electrons. The molecule has 0 amide bonds. The average Bonchev–Trinajstić information content (AvgIpc) is 3.18. The monoisotopic (exact) mass is 759 g/mol. The van der Waals surface area contributed by atoms with Crippen molar-refractivity contribution in [3.63, 3.8) is 0 Å². The van der Waals surface area contributed by atoms with Crippen molar-refractivity contribution in [2.45, 2.75) is 258 Å².